The van der Waals surface area contributed by atoms with Crippen LogP contribution in [0, 0.1) is 0 Å². The summed E-state index contributed by atoms with van der Waals surface area (Å²) in [5, 5.41) is 11.2. The van der Waals surface area contributed by atoms with Gasteiger partial charge in [-0.2, -0.15) is 0 Å². The lowest BCUT2D eigenvalue weighted by Gasteiger charge is -2.20. The van der Waals surface area contributed by atoms with Gasteiger partial charge in [0.2, 0.25) is 0 Å². The van der Waals surface area contributed by atoms with Crippen molar-refractivity contribution in [2.45, 2.75) is 19.6 Å². The molecular weight excluding hydrogens is 218 g/mol. The predicted octanol–water partition coefficient (Wildman–Crippen LogP) is 1.99. The number of methoxy groups -OCH3 is 1. The topological polar surface area (TPSA) is 41.8 Å². The molecule has 0 aliphatic heterocycles. The molecular formula is C12H19NO2Si. The molecule has 0 amide bonds. The fourth-order valence-corrected chi connectivity index (χ4v) is 2.99. The van der Waals surface area contributed by atoms with E-state index in [0.29, 0.717) is 5.75 Å². The van der Waals surface area contributed by atoms with E-state index in [4.69, 9.17) is 4.74 Å². The van der Waals surface area contributed by atoms with Crippen LogP contribution < -0.4 is 9.92 Å². The maximum atomic E-state index is 10.2. The number of phenols is 1. The number of phenolic OH excluding ortho intramolecular Hbond substituents is 1. The Balaban J connectivity index is 3.43. The third-order valence-corrected chi connectivity index (χ3v) is 4.42. The first-order valence-corrected chi connectivity index (χ1v) is 8.73. The summed E-state index contributed by atoms with van der Waals surface area (Å²) in [5.74, 6) is 1.11. The SMILES string of the molecule is CN=Cc1cc(OC)cc([Si](C)(C)C)c1O. The molecule has 0 aromatic heterocycles. The van der Waals surface area contributed by atoms with E-state index >= 15 is 0 Å². The highest BCUT2D eigenvalue weighted by atomic mass is 28.3. The Labute approximate surface area is 97.8 Å². The second-order valence-electron chi connectivity index (χ2n) is 4.75. The molecule has 88 valence electrons. The Bertz CT molecular complexity index is 408. The maximum Gasteiger partial charge on any atom is 0.123 e. The van der Waals surface area contributed by atoms with Crippen LogP contribution >= 0.6 is 0 Å². The summed E-state index contributed by atoms with van der Waals surface area (Å²) < 4.78 is 5.24. The van der Waals surface area contributed by atoms with E-state index in [2.05, 4.69) is 24.6 Å². The van der Waals surface area contributed by atoms with Crippen molar-refractivity contribution in [3.8, 4) is 11.5 Å². The third-order valence-electron chi connectivity index (χ3n) is 2.42. The van der Waals surface area contributed by atoms with Gasteiger partial charge in [-0.25, -0.2) is 0 Å². The lowest BCUT2D eigenvalue weighted by molar-refractivity contribution is 0.413. The number of ether oxygens (including phenoxy) is 1. The van der Waals surface area contributed by atoms with E-state index < -0.39 is 8.07 Å². The first-order chi connectivity index (χ1) is 7.40. The minimum atomic E-state index is -1.58. The molecule has 1 aromatic rings. The molecule has 0 spiro atoms. The summed E-state index contributed by atoms with van der Waals surface area (Å²) in [5.41, 5.74) is 0.722. The number of nitrogens with zero attached hydrogens (tertiary/aromatic N) is 1. The first kappa shape index (κ1) is 12.8. The van der Waals surface area contributed by atoms with Crippen molar-refractivity contribution < 1.29 is 9.84 Å². The van der Waals surface area contributed by atoms with Crippen molar-refractivity contribution in [3.63, 3.8) is 0 Å². The molecule has 0 saturated heterocycles. The number of hydrogen-bond acceptors (Lipinski definition) is 3. The number of hydrogen-bond donors (Lipinski definition) is 1. The molecule has 1 rings (SSSR count). The molecule has 1 aromatic carbocycles. The van der Waals surface area contributed by atoms with Gasteiger partial charge in [0.1, 0.15) is 11.5 Å². The molecule has 0 heterocycles. The zero-order valence-corrected chi connectivity index (χ0v) is 11.5. The molecule has 4 heteroatoms. The Morgan fingerprint density at radius 2 is 1.94 bits per heavy atom. The van der Waals surface area contributed by atoms with Gasteiger partial charge in [0.25, 0.3) is 0 Å². The van der Waals surface area contributed by atoms with Crippen LogP contribution in [-0.4, -0.2) is 33.6 Å². The van der Waals surface area contributed by atoms with E-state index in [9.17, 15) is 5.11 Å². The van der Waals surface area contributed by atoms with Crippen LogP contribution in [0.3, 0.4) is 0 Å². The van der Waals surface area contributed by atoms with Crippen LogP contribution in [0.2, 0.25) is 19.6 Å². The van der Waals surface area contributed by atoms with Gasteiger partial charge < -0.3 is 9.84 Å². The number of benzene rings is 1. The van der Waals surface area contributed by atoms with Crippen molar-refractivity contribution in [1.82, 2.24) is 0 Å². The highest BCUT2D eigenvalue weighted by molar-refractivity contribution is 6.89. The normalized spacial score (nSPS) is 12.1. The van der Waals surface area contributed by atoms with Crippen molar-refractivity contribution in [2.75, 3.05) is 14.2 Å². The quantitative estimate of drug-likeness (QED) is 0.645. The summed E-state index contributed by atoms with van der Waals surface area (Å²) >= 11 is 0. The van der Waals surface area contributed by atoms with Crippen molar-refractivity contribution in [2.24, 2.45) is 4.99 Å². The van der Waals surface area contributed by atoms with E-state index in [1.807, 2.05) is 6.07 Å². The molecule has 0 aliphatic carbocycles. The van der Waals surface area contributed by atoms with Crippen LogP contribution in [0.5, 0.6) is 11.5 Å². The highest BCUT2D eigenvalue weighted by Gasteiger charge is 2.23. The molecule has 0 unspecified atom stereocenters. The van der Waals surface area contributed by atoms with Gasteiger partial charge in [-0.1, -0.05) is 19.6 Å². The van der Waals surface area contributed by atoms with E-state index in [-0.39, 0.29) is 0 Å². The molecule has 0 saturated carbocycles. The van der Waals surface area contributed by atoms with Crippen LogP contribution in [0.1, 0.15) is 5.56 Å². The van der Waals surface area contributed by atoms with E-state index in [1.165, 1.54) is 0 Å². The van der Waals surface area contributed by atoms with Crippen LogP contribution in [-0.2, 0) is 0 Å². The second-order valence-corrected chi connectivity index (χ2v) is 9.79. The Morgan fingerprint density at radius 3 is 2.38 bits per heavy atom. The smallest absolute Gasteiger partial charge is 0.123 e. The molecule has 3 nitrogen and oxygen atoms in total. The fraction of sp³-hybridized carbons (Fsp3) is 0.417. The Morgan fingerprint density at radius 1 is 1.31 bits per heavy atom. The van der Waals surface area contributed by atoms with Crippen LogP contribution in [0.15, 0.2) is 17.1 Å². The molecule has 1 N–H and O–H groups in total. The van der Waals surface area contributed by atoms with Crippen LogP contribution in [0.25, 0.3) is 0 Å². The lowest BCUT2D eigenvalue weighted by Crippen LogP contribution is -2.38. The van der Waals surface area contributed by atoms with E-state index in [1.54, 1.807) is 26.4 Å². The number of rotatable bonds is 3. The minimum Gasteiger partial charge on any atom is -0.507 e. The van der Waals surface area contributed by atoms with Gasteiger partial charge in [0, 0.05) is 18.8 Å². The Kier molecular flexibility index (Phi) is 3.75. The van der Waals surface area contributed by atoms with Gasteiger partial charge >= 0.3 is 0 Å². The molecule has 0 bridgehead atoms. The van der Waals surface area contributed by atoms with Crippen LogP contribution in [0.4, 0.5) is 0 Å². The van der Waals surface area contributed by atoms with Crippen molar-refractivity contribution in [3.05, 3.63) is 17.7 Å². The van der Waals surface area contributed by atoms with Gasteiger partial charge in [-0.3, -0.25) is 4.99 Å². The predicted molar refractivity (Wildman–Crippen MR) is 71.2 cm³/mol. The van der Waals surface area contributed by atoms with Gasteiger partial charge in [0.15, 0.2) is 0 Å². The van der Waals surface area contributed by atoms with Crippen molar-refractivity contribution in [1.29, 1.82) is 0 Å². The molecule has 0 aliphatic rings. The van der Waals surface area contributed by atoms with Gasteiger partial charge in [-0.05, 0) is 17.3 Å². The summed E-state index contributed by atoms with van der Waals surface area (Å²) in [6.07, 6.45) is 1.65. The first-order valence-electron chi connectivity index (χ1n) is 5.23. The largest absolute Gasteiger partial charge is 0.507 e. The average Bonchev–Trinajstić information content (AvgIpc) is 2.19. The number of aromatic hydroxyl groups is 1. The summed E-state index contributed by atoms with van der Waals surface area (Å²) in [6, 6.07) is 3.72. The van der Waals surface area contributed by atoms with Gasteiger partial charge in [-0.15, -0.1) is 0 Å². The zero-order valence-electron chi connectivity index (χ0n) is 10.5. The average molecular weight is 237 g/mol. The highest BCUT2D eigenvalue weighted by Crippen LogP contribution is 2.23. The molecule has 0 atom stereocenters. The summed E-state index contributed by atoms with van der Waals surface area (Å²) in [6.45, 7) is 6.57. The monoisotopic (exact) mass is 237 g/mol. The fourth-order valence-electron chi connectivity index (χ4n) is 1.56. The zero-order chi connectivity index (χ0) is 12.3. The molecule has 16 heavy (non-hydrogen) atoms. The van der Waals surface area contributed by atoms with E-state index in [0.717, 1.165) is 16.5 Å². The standard InChI is InChI=1S/C12H19NO2Si/c1-13-8-9-6-10(15-2)7-11(12(9)14)16(3,4)5/h6-8,14H,1-5H3. The third kappa shape index (κ3) is 2.64. The van der Waals surface area contributed by atoms with Crippen molar-refractivity contribution >= 4 is 19.5 Å². The summed E-state index contributed by atoms with van der Waals surface area (Å²) in [7, 11) is 1.74. The molecule has 0 fully saturated rings. The maximum absolute atomic E-state index is 10.2. The minimum absolute atomic E-state index is 0.338. The summed E-state index contributed by atoms with van der Waals surface area (Å²) in [4.78, 5) is 3.94. The lowest BCUT2D eigenvalue weighted by atomic mass is 10.2. The molecule has 0 radical (unpaired) electrons. The number of aliphatic imine (C=N–C) groups is 1. The Hall–Kier alpha value is -1.29. The second kappa shape index (κ2) is 4.70. The van der Waals surface area contributed by atoms with Gasteiger partial charge in [0.05, 0.1) is 15.2 Å².